The molecule has 2 aromatic carbocycles. The van der Waals surface area contributed by atoms with Gasteiger partial charge in [-0.3, -0.25) is 9.78 Å². The third kappa shape index (κ3) is 4.28. The third-order valence-electron chi connectivity index (χ3n) is 10.8. The van der Waals surface area contributed by atoms with Crippen molar-refractivity contribution < 1.29 is 22.4 Å². The molecule has 6 aromatic rings. The van der Waals surface area contributed by atoms with Crippen LogP contribution >= 0.6 is 11.3 Å². The van der Waals surface area contributed by atoms with E-state index >= 15 is 0 Å². The standard InChI is InChI=1S/C37H27F3N6O3S/c38-20-4-1-17(2-5-20)3-7-26-28(34-44-45-36(48)49-34)29(30-32(42-26)37-14-18(15-37)16-46(37)35(30)47)27-11-19-9-10-41-33(31(19)50-27)43-25-8-6-22-23(25)12-21(39)13-24(22)40/h1-2,4-5,9-13,18,25H,3,6-8,14-16H2,(H,41,43)(H,45,48)/t18?,25-,37?/m0/s1. The molecule has 3 fully saturated rings. The summed E-state index contributed by atoms with van der Waals surface area (Å²) in [5.74, 6) is -1.31. The molecule has 2 aliphatic carbocycles. The van der Waals surface area contributed by atoms with Crippen molar-refractivity contribution in [2.45, 2.75) is 50.1 Å². The van der Waals surface area contributed by atoms with E-state index in [-0.39, 0.29) is 23.7 Å². The van der Waals surface area contributed by atoms with Crippen LogP contribution in [0.1, 0.15) is 63.7 Å². The number of carbonyl (C=O) groups is 1. The number of carbonyl (C=O) groups excluding carboxylic acids is 1. The fourth-order valence-electron chi connectivity index (χ4n) is 8.65. The average molecular weight is 693 g/mol. The smallest absolute Gasteiger partial charge is 0.388 e. The first-order chi connectivity index (χ1) is 24.3. The molecule has 7 heterocycles. The van der Waals surface area contributed by atoms with E-state index in [1.165, 1.54) is 29.5 Å². The lowest BCUT2D eigenvalue weighted by molar-refractivity contribution is 0.0637. The molecular weight excluding hydrogens is 666 g/mol. The highest BCUT2D eigenvalue weighted by atomic mass is 32.1. The number of pyridine rings is 2. The maximum atomic E-state index is 14.6. The first-order valence-corrected chi connectivity index (χ1v) is 17.4. The molecule has 50 heavy (non-hydrogen) atoms. The monoisotopic (exact) mass is 692 g/mol. The summed E-state index contributed by atoms with van der Waals surface area (Å²) < 4.78 is 48.9. The number of hydrogen-bond acceptors (Lipinski definition) is 8. The molecule has 0 unspecified atom stereocenters. The number of aromatic amines is 1. The lowest BCUT2D eigenvalue weighted by atomic mass is 9.71. The maximum Gasteiger partial charge on any atom is 0.434 e. The molecule has 2 bridgehead atoms. The molecule has 1 atom stereocenters. The SMILES string of the molecule is O=C1c2c(nc(CCc3ccc(F)cc3)c(-c3n[nH]c(=O)o3)c2-c2cc3ccnc(N[C@H]4CCc5c(F)cc(F)cc54)c3s2)C23CC(CN12)C3. The summed E-state index contributed by atoms with van der Waals surface area (Å²) >= 11 is 1.43. The van der Waals surface area contributed by atoms with Crippen molar-refractivity contribution in [2.75, 3.05) is 11.9 Å². The Morgan fingerprint density at radius 2 is 1.84 bits per heavy atom. The number of fused-ring (bicyclic) bond motifs is 3. The predicted octanol–water partition coefficient (Wildman–Crippen LogP) is 7.08. The fraction of sp³-hybridized carbons (Fsp3) is 0.270. The van der Waals surface area contributed by atoms with Crippen molar-refractivity contribution in [1.82, 2.24) is 25.1 Å². The molecule has 1 amide bonds. The largest absolute Gasteiger partial charge is 0.434 e. The van der Waals surface area contributed by atoms with Crippen molar-refractivity contribution in [1.29, 1.82) is 0 Å². The van der Waals surface area contributed by atoms with Crippen LogP contribution in [0.15, 0.2) is 63.9 Å². The topological polar surface area (TPSA) is 117 Å². The minimum absolute atomic E-state index is 0.0267. The maximum absolute atomic E-state index is 14.6. The van der Waals surface area contributed by atoms with E-state index in [1.807, 2.05) is 17.0 Å². The minimum atomic E-state index is -0.736. The van der Waals surface area contributed by atoms with Crippen LogP contribution in [-0.4, -0.2) is 37.5 Å². The molecule has 4 aromatic heterocycles. The Balaban J connectivity index is 1.15. The quantitative estimate of drug-likeness (QED) is 0.184. The number of thiophene rings is 1. The summed E-state index contributed by atoms with van der Waals surface area (Å²) in [5, 5.41) is 10.9. The van der Waals surface area contributed by atoms with Crippen LogP contribution in [0.4, 0.5) is 19.0 Å². The number of H-pyrrole nitrogens is 1. The van der Waals surface area contributed by atoms with Crippen molar-refractivity contribution in [2.24, 2.45) is 5.92 Å². The van der Waals surface area contributed by atoms with E-state index in [2.05, 4.69) is 20.5 Å². The van der Waals surface area contributed by atoms with Gasteiger partial charge in [0.25, 0.3) is 11.8 Å². The highest BCUT2D eigenvalue weighted by Crippen LogP contribution is 2.63. The summed E-state index contributed by atoms with van der Waals surface area (Å²) in [6.07, 6.45) is 5.37. The molecule has 1 spiro atoms. The number of hydrogen-bond donors (Lipinski definition) is 2. The third-order valence-corrected chi connectivity index (χ3v) is 12.0. The van der Waals surface area contributed by atoms with Gasteiger partial charge in [-0.2, -0.15) is 0 Å². The Hall–Kier alpha value is -5.30. The van der Waals surface area contributed by atoms with Crippen molar-refractivity contribution in [3.05, 3.63) is 116 Å². The zero-order chi connectivity index (χ0) is 33.9. The van der Waals surface area contributed by atoms with Gasteiger partial charge in [0.15, 0.2) is 0 Å². The van der Waals surface area contributed by atoms with E-state index in [1.54, 1.807) is 18.3 Å². The Morgan fingerprint density at radius 1 is 1.00 bits per heavy atom. The first-order valence-electron chi connectivity index (χ1n) is 16.6. The van der Waals surface area contributed by atoms with Crippen LogP contribution in [0, 0.1) is 23.4 Å². The lowest BCUT2D eigenvalue weighted by Gasteiger charge is -2.37. The second-order valence-electron chi connectivity index (χ2n) is 13.7. The number of benzene rings is 2. The second kappa shape index (κ2) is 10.6. The molecule has 2 N–H and O–H groups in total. The molecule has 11 rings (SSSR count). The molecule has 9 nitrogen and oxygen atoms in total. The van der Waals surface area contributed by atoms with E-state index in [0.29, 0.717) is 77.5 Å². The van der Waals surface area contributed by atoms with Crippen LogP contribution < -0.4 is 11.1 Å². The van der Waals surface area contributed by atoms with Gasteiger partial charge in [-0.15, -0.1) is 16.4 Å². The summed E-state index contributed by atoms with van der Waals surface area (Å²) in [5.41, 5.74) is 4.42. The summed E-state index contributed by atoms with van der Waals surface area (Å²) in [7, 11) is 0. The molecule has 2 saturated heterocycles. The molecule has 3 aliphatic heterocycles. The van der Waals surface area contributed by atoms with Crippen molar-refractivity contribution >= 4 is 33.1 Å². The number of rotatable bonds is 7. The zero-order valence-corrected chi connectivity index (χ0v) is 27.2. The van der Waals surface area contributed by atoms with Gasteiger partial charge in [-0.25, -0.2) is 28.0 Å². The number of aryl methyl sites for hydroxylation is 2. The number of halogens is 3. The number of anilines is 1. The average Bonchev–Trinajstić information content (AvgIpc) is 3.93. The number of aromatic nitrogens is 4. The van der Waals surface area contributed by atoms with Crippen molar-refractivity contribution in [3.63, 3.8) is 0 Å². The lowest BCUT2D eigenvalue weighted by Crippen LogP contribution is -2.40. The van der Waals surface area contributed by atoms with Crippen LogP contribution in [0.3, 0.4) is 0 Å². The van der Waals surface area contributed by atoms with Gasteiger partial charge >= 0.3 is 5.76 Å². The van der Waals surface area contributed by atoms with E-state index in [4.69, 9.17) is 9.40 Å². The number of nitrogens with one attached hydrogen (secondary N) is 2. The normalized spacial score (nSPS) is 21.4. The molecule has 1 saturated carbocycles. The van der Waals surface area contributed by atoms with E-state index in [9.17, 15) is 22.8 Å². The fourth-order valence-corrected chi connectivity index (χ4v) is 9.81. The number of amides is 1. The van der Waals surface area contributed by atoms with Crippen LogP contribution in [0.25, 0.3) is 32.0 Å². The molecule has 5 aliphatic rings. The Labute approximate surface area is 286 Å². The highest BCUT2D eigenvalue weighted by Gasteiger charge is 2.65. The van der Waals surface area contributed by atoms with Gasteiger partial charge in [0.2, 0.25) is 0 Å². The Bertz CT molecular complexity index is 2470. The molecule has 250 valence electrons. The van der Waals surface area contributed by atoms with Gasteiger partial charge < -0.3 is 14.6 Å². The van der Waals surface area contributed by atoms with Gasteiger partial charge in [0.05, 0.1) is 38.8 Å². The number of nitrogens with zero attached hydrogens (tertiary/aromatic N) is 4. The zero-order valence-electron chi connectivity index (χ0n) is 26.4. The summed E-state index contributed by atoms with van der Waals surface area (Å²) in [6.45, 7) is 0.667. The van der Waals surface area contributed by atoms with E-state index in [0.717, 1.165) is 45.1 Å². The highest BCUT2D eigenvalue weighted by molar-refractivity contribution is 7.23. The minimum Gasteiger partial charge on any atom is -0.388 e. The second-order valence-corrected chi connectivity index (χ2v) is 14.7. The molecular formula is C37H27F3N6O3S. The van der Waals surface area contributed by atoms with Gasteiger partial charge in [0, 0.05) is 29.2 Å². The van der Waals surface area contributed by atoms with Crippen LogP contribution in [-0.2, 0) is 24.8 Å². The molecule has 13 heteroatoms. The van der Waals surface area contributed by atoms with E-state index < -0.39 is 22.9 Å². The summed E-state index contributed by atoms with van der Waals surface area (Å²) in [6, 6.07) is 12.1. The Morgan fingerprint density at radius 3 is 2.64 bits per heavy atom. The predicted molar refractivity (Wildman–Crippen MR) is 179 cm³/mol. The molecule has 0 radical (unpaired) electrons. The van der Waals surface area contributed by atoms with Gasteiger partial charge in [-0.1, -0.05) is 12.1 Å². The van der Waals surface area contributed by atoms with Crippen LogP contribution in [0.5, 0.6) is 0 Å². The van der Waals surface area contributed by atoms with Crippen LogP contribution in [0.2, 0.25) is 0 Å². The van der Waals surface area contributed by atoms with Crippen molar-refractivity contribution in [3.8, 4) is 21.9 Å². The van der Waals surface area contributed by atoms with Gasteiger partial charge in [-0.05, 0) is 96.9 Å². The first kappa shape index (κ1) is 29.6. The summed E-state index contributed by atoms with van der Waals surface area (Å²) in [4.78, 5) is 39.2. The van der Waals surface area contributed by atoms with Gasteiger partial charge in [0.1, 0.15) is 23.3 Å². The Kier molecular flexibility index (Phi) is 6.28.